The molecule has 2 rings (SSSR count). The van der Waals surface area contributed by atoms with E-state index in [1.807, 2.05) is 20.8 Å². The zero-order chi connectivity index (χ0) is 18.8. The second-order valence-electron chi connectivity index (χ2n) is 9.22. The minimum Gasteiger partial charge on any atom is -0.444 e. The van der Waals surface area contributed by atoms with Gasteiger partial charge in [0, 0.05) is 18.1 Å². The normalized spacial score (nSPS) is 18.0. The molecule has 0 radical (unpaired) electrons. The number of ether oxygens (including phenoxy) is 1. The maximum Gasteiger partial charge on any atom is 0.407 e. The van der Waals surface area contributed by atoms with Crippen LogP contribution in [0.1, 0.15) is 64.7 Å². The minimum atomic E-state index is -0.454. The van der Waals surface area contributed by atoms with E-state index in [-0.39, 0.29) is 17.7 Å². The lowest BCUT2D eigenvalue weighted by Crippen LogP contribution is -2.42. The van der Waals surface area contributed by atoms with Crippen molar-refractivity contribution < 1.29 is 9.53 Å². The molecule has 0 spiro atoms. The fourth-order valence-corrected chi connectivity index (χ4v) is 3.02. The van der Waals surface area contributed by atoms with Gasteiger partial charge in [0.25, 0.3) is 0 Å². The summed E-state index contributed by atoms with van der Waals surface area (Å²) < 4.78 is 5.37. The Morgan fingerprint density at radius 2 is 1.88 bits per heavy atom. The number of fused-ring (bicyclic) bond motifs is 1. The SMILES string of the molecule is CN(Cc1ccc2c(c1)CCC(NC(=O)OC(C)(C)C)C2)C(C)(C)C. The molecular formula is C21H34N2O2. The van der Waals surface area contributed by atoms with E-state index >= 15 is 0 Å². The molecule has 1 aliphatic carbocycles. The fourth-order valence-electron chi connectivity index (χ4n) is 3.02. The van der Waals surface area contributed by atoms with Crippen LogP contribution in [0.3, 0.4) is 0 Å². The summed E-state index contributed by atoms with van der Waals surface area (Å²) in [7, 11) is 2.17. The largest absolute Gasteiger partial charge is 0.444 e. The van der Waals surface area contributed by atoms with E-state index in [4.69, 9.17) is 4.74 Å². The van der Waals surface area contributed by atoms with Gasteiger partial charge in [0.2, 0.25) is 0 Å². The number of carbonyl (C=O) groups excluding carboxylic acids is 1. The van der Waals surface area contributed by atoms with Crippen molar-refractivity contribution in [2.75, 3.05) is 7.05 Å². The third-order valence-corrected chi connectivity index (χ3v) is 4.78. The van der Waals surface area contributed by atoms with Crippen LogP contribution in [0.4, 0.5) is 4.79 Å². The summed E-state index contributed by atoms with van der Waals surface area (Å²) in [6, 6.07) is 6.94. The molecule has 0 heterocycles. The molecular weight excluding hydrogens is 312 g/mol. The lowest BCUT2D eigenvalue weighted by Gasteiger charge is -2.32. The summed E-state index contributed by atoms with van der Waals surface area (Å²) in [4.78, 5) is 14.3. The molecule has 1 unspecified atom stereocenters. The molecule has 1 aliphatic rings. The van der Waals surface area contributed by atoms with Crippen molar-refractivity contribution in [3.05, 3.63) is 34.9 Å². The molecule has 0 aliphatic heterocycles. The van der Waals surface area contributed by atoms with Crippen LogP contribution in [0.25, 0.3) is 0 Å². The number of alkyl carbamates (subject to hydrolysis) is 1. The summed E-state index contributed by atoms with van der Waals surface area (Å²) in [6.45, 7) is 13.3. The van der Waals surface area contributed by atoms with Gasteiger partial charge in [-0.1, -0.05) is 18.2 Å². The van der Waals surface area contributed by atoms with Gasteiger partial charge in [-0.05, 0) is 84.5 Å². The molecule has 1 aromatic rings. The van der Waals surface area contributed by atoms with E-state index in [0.29, 0.717) is 0 Å². The van der Waals surface area contributed by atoms with Crippen molar-refractivity contribution in [2.24, 2.45) is 0 Å². The molecule has 1 atom stereocenters. The number of amides is 1. The number of rotatable bonds is 3. The quantitative estimate of drug-likeness (QED) is 0.887. The van der Waals surface area contributed by atoms with Gasteiger partial charge in [0.15, 0.2) is 0 Å². The van der Waals surface area contributed by atoms with Crippen molar-refractivity contribution >= 4 is 6.09 Å². The van der Waals surface area contributed by atoms with Gasteiger partial charge >= 0.3 is 6.09 Å². The number of hydrogen-bond donors (Lipinski definition) is 1. The number of carbonyl (C=O) groups is 1. The number of aryl methyl sites for hydroxylation is 1. The number of nitrogens with one attached hydrogen (secondary N) is 1. The number of nitrogens with zero attached hydrogens (tertiary/aromatic N) is 1. The Balaban J connectivity index is 1.97. The summed E-state index contributed by atoms with van der Waals surface area (Å²) in [6.07, 6.45) is 2.53. The highest BCUT2D eigenvalue weighted by Crippen LogP contribution is 2.24. The first-order chi connectivity index (χ1) is 11.4. The van der Waals surface area contributed by atoms with Gasteiger partial charge < -0.3 is 10.1 Å². The van der Waals surface area contributed by atoms with Gasteiger partial charge in [0.05, 0.1) is 0 Å². The molecule has 1 aromatic carbocycles. The Labute approximate surface area is 152 Å². The predicted octanol–water partition coefficient (Wildman–Crippen LogP) is 4.30. The molecule has 0 aromatic heterocycles. The average molecular weight is 347 g/mol. The Bertz CT molecular complexity index is 611. The molecule has 0 saturated carbocycles. The Hall–Kier alpha value is -1.55. The Morgan fingerprint density at radius 1 is 1.20 bits per heavy atom. The second kappa shape index (κ2) is 7.36. The summed E-state index contributed by atoms with van der Waals surface area (Å²) >= 11 is 0. The van der Waals surface area contributed by atoms with Crippen LogP contribution >= 0.6 is 0 Å². The highest BCUT2D eigenvalue weighted by atomic mass is 16.6. The monoisotopic (exact) mass is 346 g/mol. The first-order valence-electron chi connectivity index (χ1n) is 9.25. The molecule has 1 N–H and O–H groups in total. The van der Waals surface area contributed by atoms with Crippen molar-refractivity contribution in [2.45, 2.75) is 84.5 Å². The highest BCUT2D eigenvalue weighted by Gasteiger charge is 2.24. The predicted molar refractivity (Wildman–Crippen MR) is 103 cm³/mol. The van der Waals surface area contributed by atoms with Crippen LogP contribution in [-0.2, 0) is 24.1 Å². The summed E-state index contributed by atoms with van der Waals surface area (Å²) in [5, 5.41) is 3.01. The van der Waals surface area contributed by atoms with Crippen LogP contribution in [0.15, 0.2) is 18.2 Å². The Morgan fingerprint density at radius 3 is 2.48 bits per heavy atom. The van der Waals surface area contributed by atoms with Crippen LogP contribution in [-0.4, -0.2) is 35.2 Å². The molecule has 0 saturated heterocycles. The zero-order valence-corrected chi connectivity index (χ0v) is 16.9. The number of benzene rings is 1. The van der Waals surface area contributed by atoms with Crippen molar-refractivity contribution in [1.29, 1.82) is 0 Å². The second-order valence-corrected chi connectivity index (χ2v) is 9.22. The van der Waals surface area contributed by atoms with E-state index in [0.717, 1.165) is 25.8 Å². The van der Waals surface area contributed by atoms with Gasteiger partial charge in [-0.2, -0.15) is 0 Å². The molecule has 25 heavy (non-hydrogen) atoms. The third-order valence-electron chi connectivity index (χ3n) is 4.78. The summed E-state index contributed by atoms with van der Waals surface area (Å²) in [5.41, 5.74) is 3.83. The topological polar surface area (TPSA) is 41.6 Å². The highest BCUT2D eigenvalue weighted by molar-refractivity contribution is 5.68. The molecule has 4 heteroatoms. The van der Waals surface area contributed by atoms with Gasteiger partial charge in [-0.15, -0.1) is 0 Å². The third kappa shape index (κ3) is 6.03. The van der Waals surface area contributed by atoms with E-state index in [1.54, 1.807) is 0 Å². The molecule has 4 nitrogen and oxygen atoms in total. The fraction of sp³-hybridized carbons (Fsp3) is 0.667. The van der Waals surface area contributed by atoms with Gasteiger partial charge in [-0.25, -0.2) is 4.79 Å². The van der Waals surface area contributed by atoms with Crippen molar-refractivity contribution in [3.63, 3.8) is 0 Å². The smallest absolute Gasteiger partial charge is 0.407 e. The lowest BCUT2D eigenvalue weighted by atomic mass is 9.87. The van der Waals surface area contributed by atoms with Crippen molar-refractivity contribution in [1.82, 2.24) is 10.2 Å². The van der Waals surface area contributed by atoms with E-state index in [9.17, 15) is 4.79 Å². The maximum absolute atomic E-state index is 12.0. The minimum absolute atomic E-state index is 0.158. The summed E-state index contributed by atoms with van der Waals surface area (Å²) in [5.74, 6) is 0. The van der Waals surface area contributed by atoms with E-state index < -0.39 is 5.60 Å². The first-order valence-corrected chi connectivity index (χ1v) is 9.25. The van der Waals surface area contributed by atoms with Crippen LogP contribution < -0.4 is 5.32 Å². The van der Waals surface area contributed by atoms with E-state index in [1.165, 1.54) is 16.7 Å². The number of hydrogen-bond acceptors (Lipinski definition) is 3. The molecule has 140 valence electrons. The zero-order valence-electron chi connectivity index (χ0n) is 16.9. The molecule has 1 amide bonds. The average Bonchev–Trinajstić information content (AvgIpc) is 2.44. The van der Waals surface area contributed by atoms with Crippen LogP contribution in [0.5, 0.6) is 0 Å². The van der Waals surface area contributed by atoms with E-state index in [2.05, 4.69) is 56.2 Å². The standard InChI is InChI=1S/C21H34N2O2/c1-20(2,3)23(7)14-15-8-9-17-13-18(11-10-16(17)12-15)22-19(24)25-21(4,5)6/h8-9,12,18H,10-11,13-14H2,1-7H3,(H,22,24). The molecule has 0 bridgehead atoms. The van der Waals surface area contributed by atoms with Gasteiger partial charge in [-0.3, -0.25) is 4.90 Å². The van der Waals surface area contributed by atoms with Gasteiger partial charge in [0.1, 0.15) is 5.60 Å². The first kappa shape index (κ1) is 19.8. The van der Waals surface area contributed by atoms with Crippen LogP contribution in [0, 0.1) is 0 Å². The van der Waals surface area contributed by atoms with Crippen LogP contribution in [0.2, 0.25) is 0 Å². The Kier molecular flexibility index (Phi) is 5.82. The molecule has 0 fully saturated rings. The lowest BCUT2D eigenvalue weighted by molar-refractivity contribution is 0.0500. The van der Waals surface area contributed by atoms with Crippen molar-refractivity contribution in [3.8, 4) is 0 Å². The maximum atomic E-state index is 12.0.